The van der Waals surface area contributed by atoms with Crippen LogP contribution in [0, 0.1) is 23.1 Å². The van der Waals surface area contributed by atoms with Gasteiger partial charge in [-0.25, -0.2) is 4.39 Å². The minimum absolute atomic E-state index is 0.0960. The first-order chi connectivity index (χ1) is 18.4. The molecule has 2 aliphatic heterocycles. The smallest absolute Gasteiger partial charge is 0.165 e. The number of piperidine rings is 1. The highest BCUT2D eigenvalue weighted by Gasteiger charge is 2.83. The Morgan fingerprint density at radius 3 is 2.82 bits per heavy atom. The molecule has 4 saturated carbocycles. The van der Waals surface area contributed by atoms with Crippen LogP contribution in [0.1, 0.15) is 55.2 Å². The molecule has 2 heterocycles. The molecule has 0 amide bonds. The lowest BCUT2D eigenvalue weighted by Crippen LogP contribution is -2.83. The van der Waals surface area contributed by atoms with Gasteiger partial charge in [0.2, 0.25) is 0 Å². The van der Waals surface area contributed by atoms with Crippen LogP contribution in [-0.2, 0) is 27.9 Å². The van der Waals surface area contributed by atoms with Crippen molar-refractivity contribution in [2.75, 3.05) is 33.9 Å². The molecule has 1 N–H and O–H groups in total. The molecule has 2 aromatic carbocycles. The number of aromatic hydroxyl groups is 1. The van der Waals surface area contributed by atoms with Gasteiger partial charge >= 0.3 is 0 Å². The Kier molecular flexibility index (Phi) is 4.83. The maximum Gasteiger partial charge on any atom is 0.165 e. The van der Waals surface area contributed by atoms with E-state index >= 15 is 0 Å². The molecule has 0 aromatic heterocycles. The molecule has 38 heavy (non-hydrogen) atoms. The number of likely N-dealkylation sites (tertiary alicyclic amines) is 1. The Bertz CT molecular complexity index is 1310. The number of ether oxygens (including phenoxy) is 3. The van der Waals surface area contributed by atoms with Gasteiger partial charge in [-0.1, -0.05) is 18.2 Å². The molecule has 5 nitrogen and oxygen atoms in total. The Morgan fingerprint density at radius 1 is 1.16 bits per heavy atom. The van der Waals surface area contributed by atoms with Gasteiger partial charge in [-0.05, 0) is 61.4 Å². The molecule has 6 heteroatoms. The fraction of sp³-hybridized carbons (Fsp3) is 0.625. The topological polar surface area (TPSA) is 47.9 Å². The third-order valence-electron chi connectivity index (χ3n) is 12.0. The predicted molar refractivity (Wildman–Crippen MR) is 141 cm³/mol. The molecule has 4 bridgehead atoms. The third kappa shape index (κ3) is 2.82. The van der Waals surface area contributed by atoms with E-state index < -0.39 is 5.60 Å². The van der Waals surface area contributed by atoms with Crippen molar-refractivity contribution >= 4 is 0 Å². The maximum absolute atomic E-state index is 13.8. The van der Waals surface area contributed by atoms with E-state index in [1.165, 1.54) is 36.6 Å². The van der Waals surface area contributed by atoms with Gasteiger partial charge < -0.3 is 23.8 Å². The molecule has 2 spiro atoms. The number of methoxy groups -OCH3 is 1. The second-order valence-corrected chi connectivity index (χ2v) is 13.6. The first kappa shape index (κ1) is 23.7. The second-order valence-electron chi connectivity index (χ2n) is 13.6. The number of halogens is 1. The molecule has 1 saturated heterocycles. The first-order valence-electron chi connectivity index (χ1n) is 14.6. The van der Waals surface area contributed by atoms with E-state index in [0.29, 0.717) is 19.3 Å². The zero-order chi connectivity index (χ0) is 25.9. The largest absolute Gasteiger partial charge is 0.504 e. The SMILES string of the molecule is CO[C@]12CC[C@@]3(C[C@@H]1COCc1cccc(F)c1)[C@H]1Cc4ccc(O)c5c4[C@@]3(CC[N@+]1(C)CC1CC1)[C@H]2O5. The number of phenolic OH excluding ortho intramolecular Hbond substituents is 1. The van der Waals surface area contributed by atoms with Crippen molar-refractivity contribution in [1.29, 1.82) is 0 Å². The van der Waals surface area contributed by atoms with Crippen LogP contribution in [0.25, 0.3) is 0 Å². The first-order valence-corrected chi connectivity index (χ1v) is 14.6. The van der Waals surface area contributed by atoms with Gasteiger partial charge in [0.05, 0.1) is 44.8 Å². The number of phenols is 1. The van der Waals surface area contributed by atoms with E-state index in [9.17, 15) is 9.50 Å². The summed E-state index contributed by atoms with van der Waals surface area (Å²) in [4.78, 5) is 0. The summed E-state index contributed by atoms with van der Waals surface area (Å²) < 4.78 is 34.8. The van der Waals surface area contributed by atoms with Gasteiger partial charge in [0.25, 0.3) is 0 Å². The van der Waals surface area contributed by atoms with Gasteiger partial charge in [0.1, 0.15) is 17.5 Å². The Labute approximate surface area is 224 Å². The van der Waals surface area contributed by atoms with Crippen LogP contribution in [0.4, 0.5) is 4.39 Å². The van der Waals surface area contributed by atoms with Crippen LogP contribution >= 0.6 is 0 Å². The van der Waals surface area contributed by atoms with Gasteiger partial charge in [-0.2, -0.15) is 0 Å². The number of fused-ring (bicyclic) bond motifs is 2. The number of rotatable bonds is 7. The highest BCUT2D eigenvalue weighted by atomic mass is 19.1. The van der Waals surface area contributed by atoms with Gasteiger partial charge in [-0.15, -0.1) is 0 Å². The number of likely N-dealkylation sites (N-methyl/N-ethyl adjacent to an activating group) is 1. The minimum atomic E-state index is -0.467. The minimum Gasteiger partial charge on any atom is -0.504 e. The monoisotopic (exact) mass is 520 g/mol. The molecule has 5 aliphatic carbocycles. The summed E-state index contributed by atoms with van der Waals surface area (Å²) in [6.07, 6.45) is 7.92. The fourth-order valence-corrected chi connectivity index (χ4v) is 10.4. The summed E-state index contributed by atoms with van der Waals surface area (Å²) in [5.41, 5.74) is 3.05. The average Bonchev–Trinajstić information content (AvgIpc) is 3.63. The van der Waals surface area contributed by atoms with Gasteiger partial charge in [0.15, 0.2) is 11.5 Å². The molecular formula is C32H39FNO4+. The fourth-order valence-electron chi connectivity index (χ4n) is 10.4. The number of quaternary nitrogens is 1. The Morgan fingerprint density at radius 2 is 2.03 bits per heavy atom. The average molecular weight is 521 g/mol. The second kappa shape index (κ2) is 7.74. The Hall–Kier alpha value is -2.15. The van der Waals surface area contributed by atoms with Crippen molar-refractivity contribution in [3.05, 3.63) is 58.9 Å². The van der Waals surface area contributed by atoms with E-state index in [1.807, 2.05) is 19.2 Å². The van der Waals surface area contributed by atoms with Crippen LogP contribution in [-0.4, -0.2) is 61.2 Å². The van der Waals surface area contributed by atoms with E-state index in [-0.39, 0.29) is 34.4 Å². The van der Waals surface area contributed by atoms with Gasteiger partial charge in [-0.3, -0.25) is 0 Å². The zero-order valence-corrected chi connectivity index (χ0v) is 22.5. The summed E-state index contributed by atoms with van der Waals surface area (Å²) in [7, 11) is 4.38. The highest BCUT2D eigenvalue weighted by Crippen LogP contribution is 2.77. The lowest BCUT2D eigenvalue weighted by molar-refractivity contribution is -0.952. The van der Waals surface area contributed by atoms with Crippen molar-refractivity contribution in [2.24, 2.45) is 17.3 Å². The van der Waals surface area contributed by atoms with Crippen molar-refractivity contribution in [3.8, 4) is 11.5 Å². The summed E-state index contributed by atoms with van der Waals surface area (Å²) in [6, 6.07) is 11.2. The molecule has 202 valence electrons. The van der Waals surface area contributed by atoms with Crippen LogP contribution in [0.15, 0.2) is 36.4 Å². The van der Waals surface area contributed by atoms with Crippen molar-refractivity contribution in [3.63, 3.8) is 0 Å². The normalized spacial score (nSPS) is 41.6. The number of benzene rings is 2. The quantitative estimate of drug-likeness (QED) is 0.515. The van der Waals surface area contributed by atoms with E-state index in [1.54, 1.807) is 12.1 Å². The molecule has 7 aliphatic rings. The van der Waals surface area contributed by atoms with Crippen molar-refractivity contribution in [2.45, 2.75) is 74.7 Å². The lowest BCUT2D eigenvalue weighted by atomic mass is 9.34. The zero-order valence-electron chi connectivity index (χ0n) is 22.5. The predicted octanol–water partition coefficient (Wildman–Crippen LogP) is 5.12. The summed E-state index contributed by atoms with van der Waals surface area (Å²) in [5.74, 6) is 1.81. The van der Waals surface area contributed by atoms with Crippen molar-refractivity contribution < 1.29 is 28.2 Å². The molecule has 9 rings (SSSR count). The molecular weight excluding hydrogens is 481 g/mol. The third-order valence-corrected chi connectivity index (χ3v) is 12.0. The standard InChI is InChI=1S/C32H38FNO4/c1-34(17-20-6-7-20)13-12-31-27-22-8-9-25(35)28(27)38-29(31)32(36-2)11-10-30(31,26(34)15-22)16-23(32)19-37-18-21-4-3-5-24(33)14-21/h3-5,8-9,14,20,23,26,29H,6-7,10-13,15-19H2,1-2H3/p+1/t23-,26-,29-,30-,31+,32-,34-/m1/s1. The number of hydrogen-bond acceptors (Lipinski definition) is 4. The molecule has 0 unspecified atom stereocenters. The summed E-state index contributed by atoms with van der Waals surface area (Å²) in [5, 5.41) is 11.0. The van der Waals surface area contributed by atoms with Crippen LogP contribution in [0.5, 0.6) is 11.5 Å². The molecule has 0 radical (unpaired) electrons. The van der Waals surface area contributed by atoms with Crippen molar-refractivity contribution in [1.82, 2.24) is 0 Å². The summed E-state index contributed by atoms with van der Waals surface area (Å²) in [6.45, 7) is 3.40. The van der Waals surface area contributed by atoms with Crippen LogP contribution in [0.2, 0.25) is 0 Å². The number of hydrogen-bond donors (Lipinski definition) is 1. The molecule has 5 fully saturated rings. The van der Waals surface area contributed by atoms with Crippen LogP contribution < -0.4 is 4.74 Å². The van der Waals surface area contributed by atoms with E-state index in [0.717, 1.165) is 60.4 Å². The molecule has 2 aromatic rings. The lowest BCUT2D eigenvalue weighted by Gasteiger charge is -2.74. The van der Waals surface area contributed by atoms with E-state index in [4.69, 9.17) is 14.2 Å². The highest BCUT2D eigenvalue weighted by molar-refractivity contribution is 5.62. The Balaban J connectivity index is 1.22. The van der Waals surface area contributed by atoms with E-state index in [2.05, 4.69) is 13.1 Å². The number of nitrogens with zero attached hydrogens (tertiary/aromatic N) is 1. The van der Waals surface area contributed by atoms with Gasteiger partial charge in [0, 0.05) is 42.8 Å². The van der Waals surface area contributed by atoms with Crippen LogP contribution in [0.3, 0.4) is 0 Å². The summed E-state index contributed by atoms with van der Waals surface area (Å²) >= 11 is 0. The molecule has 7 atom stereocenters. The maximum atomic E-state index is 13.8.